The minimum absolute atomic E-state index is 0.132. The summed E-state index contributed by atoms with van der Waals surface area (Å²) in [4.78, 5) is 19.3. The summed E-state index contributed by atoms with van der Waals surface area (Å²) in [6.45, 7) is 5.90. The van der Waals surface area contributed by atoms with E-state index in [-0.39, 0.29) is 5.56 Å². The maximum absolute atomic E-state index is 12.0. The van der Waals surface area contributed by atoms with Gasteiger partial charge in [0, 0.05) is 25.7 Å². The highest BCUT2D eigenvalue weighted by Gasteiger charge is 2.31. The molecular weight excluding hydrogens is 276 g/mol. The van der Waals surface area contributed by atoms with E-state index < -0.39 is 5.60 Å². The second-order valence-electron chi connectivity index (χ2n) is 5.59. The van der Waals surface area contributed by atoms with Crippen molar-refractivity contribution in [3.8, 4) is 0 Å². The summed E-state index contributed by atoms with van der Waals surface area (Å²) in [6, 6.07) is 1.54. The lowest BCUT2D eigenvalue weighted by Crippen LogP contribution is -2.30. The normalized spacial score (nSPS) is 23.8. The molecule has 6 nitrogen and oxygen atoms in total. The largest absolute Gasteiger partial charge is 0.389 e. The van der Waals surface area contributed by atoms with Crippen LogP contribution < -0.4 is 5.56 Å². The molecule has 20 heavy (non-hydrogen) atoms. The van der Waals surface area contributed by atoms with Crippen LogP contribution in [0, 0.1) is 0 Å². The molecule has 108 valence electrons. The van der Waals surface area contributed by atoms with Crippen LogP contribution >= 0.6 is 11.3 Å². The SMILES string of the molecule is CCc1nn2c(=O)cc(CN3CCC(C)(O)C3)nc2s1. The van der Waals surface area contributed by atoms with Crippen molar-refractivity contribution in [1.82, 2.24) is 19.5 Å². The summed E-state index contributed by atoms with van der Waals surface area (Å²) in [5.41, 5.74) is -0.00939. The van der Waals surface area contributed by atoms with Crippen LogP contribution in [0.5, 0.6) is 0 Å². The first kappa shape index (κ1) is 13.7. The van der Waals surface area contributed by atoms with Crippen LogP contribution in [-0.2, 0) is 13.0 Å². The van der Waals surface area contributed by atoms with Crippen molar-refractivity contribution in [2.75, 3.05) is 13.1 Å². The fourth-order valence-corrected chi connectivity index (χ4v) is 3.38. The number of likely N-dealkylation sites (tertiary alicyclic amines) is 1. The van der Waals surface area contributed by atoms with E-state index in [2.05, 4.69) is 15.0 Å². The topological polar surface area (TPSA) is 70.7 Å². The fourth-order valence-electron chi connectivity index (χ4n) is 2.52. The number of β-amino-alcohol motifs (C(OH)–C–C–N with tert-alkyl or cyclic N) is 1. The summed E-state index contributed by atoms with van der Waals surface area (Å²) in [7, 11) is 0. The smallest absolute Gasteiger partial charge is 0.275 e. The van der Waals surface area contributed by atoms with Crippen LogP contribution in [0.4, 0.5) is 0 Å². The van der Waals surface area contributed by atoms with Gasteiger partial charge in [-0.05, 0) is 19.8 Å². The molecule has 3 heterocycles. The fraction of sp³-hybridized carbons (Fsp3) is 0.615. The average Bonchev–Trinajstić information content (AvgIpc) is 2.93. The van der Waals surface area contributed by atoms with Crippen molar-refractivity contribution < 1.29 is 5.11 Å². The van der Waals surface area contributed by atoms with Crippen molar-refractivity contribution >= 4 is 16.3 Å². The zero-order chi connectivity index (χ0) is 14.3. The quantitative estimate of drug-likeness (QED) is 0.901. The average molecular weight is 294 g/mol. The standard InChI is InChI=1S/C13H18N4O2S/c1-3-10-15-17-11(18)6-9(14-12(17)20-10)7-16-5-4-13(2,19)8-16/h6,19H,3-5,7-8H2,1-2H3. The summed E-state index contributed by atoms with van der Waals surface area (Å²) >= 11 is 1.46. The van der Waals surface area contributed by atoms with Crippen LogP contribution in [0.3, 0.4) is 0 Å². The molecule has 1 atom stereocenters. The lowest BCUT2D eigenvalue weighted by atomic mass is 10.1. The zero-order valence-electron chi connectivity index (χ0n) is 11.7. The van der Waals surface area contributed by atoms with Crippen molar-refractivity contribution in [1.29, 1.82) is 0 Å². The minimum Gasteiger partial charge on any atom is -0.389 e. The molecule has 0 aromatic carbocycles. The van der Waals surface area contributed by atoms with E-state index in [4.69, 9.17) is 0 Å². The lowest BCUT2D eigenvalue weighted by molar-refractivity contribution is 0.0677. The number of aliphatic hydroxyl groups is 1. The van der Waals surface area contributed by atoms with E-state index in [1.165, 1.54) is 15.9 Å². The molecule has 7 heteroatoms. The van der Waals surface area contributed by atoms with Gasteiger partial charge in [-0.1, -0.05) is 18.3 Å². The number of fused-ring (bicyclic) bond motifs is 1. The maximum Gasteiger partial charge on any atom is 0.275 e. The first-order valence-corrected chi connectivity index (χ1v) is 7.62. The molecular formula is C13H18N4O2S. The molecule has 1 unspecified atom stereocenters. The predicted octanol–water partition coefficient (Wildman–Crippen LogP) is 0.670. The highest BCUT2D eigenvalue weighted by molar-refractivity contribution is 7.16. The predicted molar refractivity (Wildman–Crippen MR) is 77.0 cm³/mol. The third-order valence-corrected chi connectivity index (χ3v) is 4.61. The maximum atomic E-state index is 12.0. The Balaban J connectivity index is 1.87. The summed E-state index contributed by atoms with van der Waals surface area (Å²) in [6.07, 6.45) is 1.56. The van der Waals surface area contributed by atoms with E-state index in [0.717, 1.165) is 30.1 Å². The third-order valence-electron chi connectivity index (χ3n) is 3.56. The Morgan fingerprint density at radius 3 is 3.00 bits per heavy atom. The summed E-state index contributed by atoms with van der Waals surface area (Å²) in [5.74, 6) is 0. The molecule has 0 saturated carbocycles. The Kier molecular flexibility index (Phi) is 3.35. The number of hydrogen-bond acceptors (Lipinski definition) is 6. The molecule has 0 bridgehead atoms. The lowest BCUT2D eigenvalue weighted by Gasteiger charge is -2.18. The van der Waals surface area contributed by atoms with E-state index in [0.29, 0.717) is 18.1 Å². The van der Waals surface area contributed by atoms with Gasteiger partial charge < -0.3 is 5.11 Å². The van der Waals surface area contributed by atoms with E-state index in [1.807, 2.05) is 13.8 Å². The monoisotopic (exact) mass is 294 g/mol. The van der Waals surface area contributed by atoms with Gasteiger partial charge in [-0.3, -0.25) is 9.69 Å². The molecule has 1 fully saturated rings. The molecule has 2 aromatic rings. The van der Waals surface area contributed by atoms with Crippen LogP contribution in [0.15, 0.2) is 10.9 Å². The van der Waals surface area contributed by atoms with Gasteiger partial charge in [-0.15, -0.1) is 0 Å². The van der Waals surface area contributed by atoms with E-state index in [1.54, 1.807) is 6.07 Å². The van der Waals surface area contributed by atoms with Gasteiger partial charge in [0.05, 0.1) is 11.3 Å². The van der Waals surface area contributed by atoms with Gasteiger partial charge in [-0.25, -0.2) is 4.98 Å². The highest BCUT2D eigenvalue weighted by atomic mass is 32.1. The van der Waals surface area contributed by atoms with Crippen LogP contribution in [0.25, 0.3) is 4.96 Å². The summed E-state index contributed by atoms with van der Waals surface area (Å²) in [5, 5.41) is 15.1. The molecule has 1 aliphatic heterocycles. The number of hydrogen-bond donors (Lipinski definition) is 1. The molecule has 2 aromatic heterocycles. The highest BCUT2D eigenvalue weighted by Crippen LogP contribution is 2.21. The third kappa shape index (κ3) is 2.61. The van der Waals surface area contributed by atoms with Gasteiger partial charge >= 0.3 is 0 Å². The molecule has 1 aliphatic rings. The van der Waals surface area contributed by atoms with E-state index in [9.17, 15) is 9.90 Å². The van der Waals surface area contributed by atoms with Crippen molar-refractivity contribution in [3.05, 3.63) is 27.1 Å². The van der Waals surface area contributed by atoms with Crippen LogP contribution in [0.2, 0.25) is 0 Å². The molecule has 0 aliphatic carbocycles. The Morgan fingerprint density at radius 1 is 1.55 bits per heavy atom. The Morgan fingerprint density at radius 2 is 2.35 bits per heavy atom. The number of rotatable bonds is 3. The first-order valence-electron chi connectivity index (χ1n) is 6.80. The van der Waals surface area contributed by atoms with Crippen molar-refractivity contribution in [2.24, 2.45) is 0 Å². The Bertz CT molecular complexity index is 691. The van der Waals surface area contributed by atoms with Gasteiger partial charge in [0.1, 0.15) is 5.01 Å². The first-order chi connectivity index (χ1) is 9.47. The minimum atomic E-state index is -0.626. The van der Waals surface area contributed by atoms with Gasteiger partial charge in [0.15, 0.2) is 0 Å². The van der Waals surface area contributed by atoms with Gasteiger partial charge in [0.2, 0.25) is 4.96 Å². The molecule has 0 radical (unpaired) electrons. The molecule has 0 spiro atoms. The number of aromatic nitrogens is 3. The zero-order valence-corrected chi connectivity index (χ0v) is 12.5. The number of nitrogens with zero attached hydrogens (tertiary/aromatic N) is 4. The van der Waals surface area contributed by atoms with Crippen LogP contribution in [-0.4, -0.2) is 43.3 Å². The van der Waals surface area contributed by atoms with Gasteiger partial charge in [-0.2, -0.15) is 9.61 Å². The molecule has 1 saturated heterocycles. The second-order valence-corrected chi connectivity index (χ2v) is 6.63. The molecule has 1 N–H and O–H groups in total. The number of aryl methyl sites for hydroxylation is 1. The van der Waals surface area contributed by atoms with E-state index >= 15 is 0 Å². The van der Waals surface area contributed by atoms with Crippen LogP contribution in [0.1, 0.15) is 31.0 Å². The molecule has 0 amide bonds. The van der Waals surface area contributed by atoms with Crippen molar-refractivity contribution in [2.45, 2.75) is 38.8 Å². The summed E-state index contributed by atoms with van der Waals surface area (Å²) < 4.78 is 1.37. The molecule has 3 rings (SSSR count). The van der Waals surface area contributed by atoms with Gasteiger partial charge in [0.25, 0.3) is 5.56 Å². The van der Waals surface area contributed by atoms with Crippen molar-refractivity contribution in [3.63, 3.8) is 0 Å². The second kappa shape index (κ2) is 4.91. The Hall–Kier alpha value is -1.31. The Labute approximate surface area is 120 Å².